The van der Waals surface area contributed by atoms with Crippen LogP contribution in [-0.4, -0.2) is 29.7 Å². The van der Waals surface area contributed by atoms with E-state index in [4.69, 9.17) is 0 Å². The van der Waals surface area contributed by atoms with Gasteiger partial charge in [0.05, 0.1) is 5.57 Å². The topological polar surface area (TPSA) is 72.6 Å². The van der Waals surface area contributed by atoms with Crippen molar-refractivity contribution in [3.8, 4) is 6.07 Å². The first-order valence-electron chi connectivity index (χ1n) is 8.49. The van der Waals surface area contributed by atoms with E-state index in [9.17, 15) is 10.1 Å². The highest BCUT2D eigenvalue weighted by atomic mass is 16.2. The van der Waals surface area contributed by atoms with E-state index in [2.05, 4.69) is 28.8 Å². The number of nitriles is 1. The van der Waals surface area contributed by atoms with Crippen molar-refractivity contribution in [1.82, 2.24) is 4.98 Å². The van der Waals surface area contributed by atoms with Crippen LogP contribution in [0.1, 0.15) is 19.4 Å². The summed E-state index contributed by atoms with van der Waals surface area (Å²) in [4.78, 5) is 19.1. The molecule has 0 saturated heterocycles. The van der Waals surface area contributed by atoms with E-state index >= 15 is 0 Å². The minimum absolute atomic E-state index is 0.0912. The summed E-state index contributed by atoms with van der Waals surface area (Å²) in [6, 6.07) is 15.1. The van der Waals surface area contributed by atoms with Gasteiger partial charge in [-0.1, -0.05) is 18.2 Å². The molecule has 0 unspecified atom stereocenters. The van der Waals surface area contributed by atoms with Crippen LogP contribution in [0.15, 0.2) is 59.3 Å². The molecule has 2 heterocycles. The van der Waals surface area contributed by atoms with Gasteiger partial charge >= 0.3 is 0 Å². The number of benzene rings is 1. The lowest BCUT2D eigenvalue weighted by molar-refractivity contribution is -0.114. The van der Waals surface area contributed by atoms with Crippen LogP contribution in [0, 0.1) is 11.3 Å². The average molecular weight is 345 g/mol. The van der Waals surface area contributed by atoms with E-state index in [1.165, 1.54) is 0 Å². The number of aromatic nitrogens is 1. The van der Waals surface area contributed by atoms with Gasteiger partial charge in [-0.3, -0.25) is 4.79 Å². The van der Waals surface area contributed by atoms with Gasteiger partial charge in [0.1, 0.15) is 6.07 Å². The molecule has 130 valence electrons. The molecule has 0 atom stereocenters. The number of nitrogens with zero attached hydrogens (tertiary/aromatic N) is 5. The fraction of sp³-hybridized carbons (Fsp3) is 0.200. The Hall–Kier alpha value is -3.46. The Bertz CT molecular complexity index is 890. The second-order valence-electron chi connectivity index (χ2n) is 5.69. The molecule has 1 amide bonds. The lowest BCUT2D eigenvalue weighted by atomic mass is 10.1. The van der Waals surface area contributed by atoms with Gasteiger partial charge in [-0.2, -0.15) is 15.4 Å². The highest BCUT2D eigenvalue weighted by Gasteiger charge is 2.31. The minimum Gasteiger partial charge on any atom is -0.372 e. The number of pyridine rings is 1. The Kier molecular flexibility index (Phi) is 5.09. The van der Waals surface area contributed by atoms with Crippen LogP contribution in [0.2, 0.25) is 0 Å². The van der Waals surface area contributed by atoms with Crippen LogP contribution in [-0.2, 0) is 4.79 Å². The summed E-state index contributed by atoms with van der Waals surface area (Å²) in [6.45, 7) is 6.08. The van der Waals surface area contributed by atoms with Crippen molar-refractivity contribution in [2.75, 3.05) is 23.0 Å². The van der Waals surface area contributed by atoms with Crippen LogP contribution >= 0.6 is 0 Å². The maximum atomic E-state index is 12.7. The number of rotatable bonds is 5. The fourth-order valence-electron chi connectivity index (χ4n) is 2.80. The zero-order chi connectivity index (χ0) is 18.5. The first-order valence-corrected chi connectivity index (χ1v) is 8.49. The number of hydrogen-bond acceptors (Lipinski definition) is 5. The molecule has 1 aromatic heterocycles. The van der Waals surface area contributed by atoms with E-state index in [1.807, 2.05) is 30.3 Å². The third-order valence-electron chi connectivity index (χ3n) is 4.18. The molecule has 0 radical (unpaired) electrons. The number of carbonyl (C=O) groups is 1. The predicted octanol–water partition coefficient (Wildman–Crippen LogP) is 3.24. The number of hydrogen-bond donors (Lipinski definition) is 0. The van der Waals surface area contributed by atoms with Gasteiger partial charge < -0.3 is 4.90 Å². The largest absolute Gasteiger partial charge is 0.372 e. The van der Waals surface area contributed by atoms with E-state index in [0.29, 0.717) is 5.82 Å². The zero-order valence-electron chi connectivity index (χ0n) is 14.8. The second kappa shape index (κ2) is 7.62. The maximum absolute atomic E-state index is 12.7. The monoisotopic (exact) mass is 345 g/mol. The molecule has 26 heavy (non-hydrogen) atoms. The van der Waals surface area contributed by atoms with Crippen molar-refractivity contribution in [3.05, 3.63) is 59.8 Å². The SMILES string of the molecule is CCN(CC)c1ccc(C=C2C(=O)N(c3ccccn3)N=C2C#N)cc1. The molecule has 0 fully saturated rings. The Morgan fingerprint density at radius 3 is 2.46 bits per heavy atom. The van der Waals surface area contributed by atoms with Gasteiger partial charge in [-0.05, 0) is 49.8 Å². The van der Waals surface area contributed by atoms with Crippen molar-refractivity contribution in [3.63, 3.8) is 0 Å². The maximum Gasteiger partial charge on any atom is 0.283 e. The summed E-state index contributed by atoms with van der Waals surface area (Å²) in [5.74, 6) is 0.0404. The quantitative estimate of drug-likeness (QED) is 0.780. The van der Waals surface area contributed by atoms with Gasteiger partial charge in [0.15, 0.2) is 11.5 Å². The average Bonchev–Trinajstić information content (AvgIpc) is 3.00. The van der Waals surface area contributed by atoms with Crippen molar-refractivity contribution in [2.24, 2.45) is 5.10 Å². The number of hydrazone groups is 1. The summed E-state index contributed by atoms with van der Waals surface area (Å²) in [5, 5.41) is 14.6. The lowest BCUT2D eigenvalue weighted by Gasteiger charge is -2.20. The third-order valence-corrected chi connectivity index (χ3v) is 4.18. The van der Waals surface area contributed by atoms with Crippen LogP contribution < -0.4 is 9.91 Å². The fourth-order valence-corrected chi connectivity index (χ4v) is 2.80. The number of amides is 1. The molecule has 1 aliphatic heterocycles. The van der Waals surface area contributed by atoms with Crippen molar-refractivity contribution < 1.29 is 4.79 Å². The Morgan fingerprint density at radius 1 is 1.15 bits per heavy atom. The molecule has 0 spiro atoms. The van der Waals surface area contributed by atoms with Crippen LogP contribution in [0.5, 0.6) is 0 Å². The Morgan fingerprint density at radius 2 is 1.88 bits per heavy atom. The van der Waals surface area contributed by atoms with Gasteiger partial charge in [0, 0.05) is 25.0 Å². The normalized spacial score (nSPS) is 15.1. The summed E-state index contributed by atoms with van der Waals surface area (Å²) in [6.07, 6.45) is 3.27. The standard InChI is InChI=1S/C20H19N5O/c1-3-24(4-2)16-10-8-15(9-11-16)13-17-18(14-21)23-25(20(17)26)19-7-5-6-12-22-19/h5-13H,3-4H2,1-2H3. The van der Waals surface area contributed by atoms with Crippen LogP contribution in [0.3, 0.4) is 0 Å². The summed E-state index contributed by atoms with van der Waals surface area (Å²) < 4.78 is 0. The van der Waals surface area contributed by atoms with Gasteiger partial charge in [-0.15, -0.1) is 0 Å². The smallest absolute Gasteiger partial charge is 0.283 e. The summed E-state index contributed by atoms with van der Waals surface area (Å²) in [7, 11) is 0. The highest BCUT2D eigenvalue weighted by Crippen LogP contribution is 2.24. The van der Waals surface area contributed by atoms with Crippen molar-refractivity contribution >= 4 is 29.2 Å². The molecule has 6 nitrogen and oxygen atoms in total. The molecule has 0 saturated carbocycles. The molecular formula is C20H19N5O. The Labute approximate surface area is 152 Å². The molecule has 6 heteroatoms. The van der Waals surface area contributed by atoms with Gasteiger partial charge in [-0.25, -0.2) is 4.98 Å². The van der Waals surface area contributed by atoms with Crippen LogP contribution in [0.4, 0.5) is 11.5 Å². The first kappa shape index (κ1) is 17.4. The molecule has 0 aliphatic carbocycles. The molecule has 1 aliphatic rings. The summed E-state index contributed by atoms with van der Waals surface area (Å²) >= 11 is 0. The number of anilines is 2. The van der Waals surface area contributed by atoms with E-state index in [0.717, 1.165) is 29.3 Å². The second-order valence-corrected chi connectivity index (χ2v) is 5.69. The van der Waals surface area contributed by atoms with Gasteiger partial charge in [0.2, 0.25) is 0 Å². The highest BCUT2D eigenvalue weighted by molar-refractivity contribution is 6.37. The molecule has 1 aromatic carbocycles. The van der Waals surface area contributed by atoms with Crippen molar-refractivity contribution in [2.45, 2.75) is 13.8 Å². The molecule has 3 rings (SSSR count). The molecule has 2 aromatic rings. The minimum atomic E-state index is -0.354. The zero-order valence-corrected chi connectivity index (χ0v) is 14.8. The molecule has 0 bridgehead atoms. The van der Waals surface area contributed by atoms with E-state index < -0.39 is 0 Å². The van der Waals surface area contributed by atoms with Gasteiger partial charge in [0.25, 0.3) is 5.91 Å². The van der Waals surface area contributed by atoms with E-state index in [1.54, 1.807) is 30.5 Å². The van der Waals surface area contributed by atoms with E-state index in [-0.39, 0.29) is 17.2 Å². The Balaban J connectivity index is 1.90. The molecular weight excluding hydrogens is 326 g/mol. The van der Waals surface area contributed by atoms with Crippen LogP contribution in [0.25, 0.3) is 6.08 Å². The predicted molar refractivity (Wildman–Crippen MR) is 103 cm³/mol. The van der Waals surface area contributed by atoms with Crippen molar-refractivity contribution in [1.29, 1.82) is 5.26 Å². The number of carbonyl (C=O) groups excluding carboxylic acids is 1. The third kappa shape index (κ3) is 3.33. The first-order chi connectivity index (χ1) is 12.7. The lowest BCUT2D eigenvalue weighted by Crippen LogP contribution is -2.22. The molecule has 0 N–H and O–H groups in total. The summed E-state index contributed by atoms with van der Waals surface area (Å²) in [5.41, 5.74) is 2.33.